The van der Waals surface area contributed by atoms with Crippen LogP contribution in [0, 0.1) is 13.8 Å². The van der Waals surface area contributed by atoms with Gasteiger partial charge in [-0.3, -0.25) is 4.79 Å². The molecule has 2 aromatic rings. The van der Waals surface area contributed by atoms with Crippen LogP contribution in [0.3, 0.4) is 0 Å². The molecule has 1 N–H and O–H groups in total. The van der Waals surface area contributed by atoms with E-state index in [1.54, 1.807) is 19.1 Å². The Morgan fingerprint density at radius 1 is 1.15 bits per heavy atom. The minimum Gasteiger partial charge on any atom is -0.449 e. The van der Waals surface area contributed by atoms with Crippen LogP contribution in [-0.4, -0.2) is 33.8 Å². The number of carbonyl (C=O) groups excluding carboxylic acids is 2. The number of ether oxygens (including phenoxy) is 1. The predicted octanol–water partition coefficient (Wildman–Crippen LogP) is 3.48. The van der Waals surface area contributed by atoms with Gasteiger partial charge in [-0.2, -0.15) is 5.10 Å². The Kier molecular flexibility index (Phi) is 5.94. The average molecular weight is 369 g/mol. The Bertz CT molecular complexity index is 805. The van der Waals surface area contributed by atoms with Gasteiger partial charge in [0.2, 0.25) is 0 Å². The van der Waals surface area contributed by atoms with Gasteiger partial charge in [0.25, 0.3) is 5.91 Å². The predicted molar refractivity (Wildman–Crippen MR) is 103 cm³/mol. The summed E-state index contributed by atoms with van der Waals surface area (Å²) < 4.78 is 7.16. The number of rotatable bonds is 5. The van der Waals surface area contributed by atoms with Gasteiger partial charge in [-0.1, -0.05) is 19.3 Å². The van der Waals surface area contributed by atoms with Crippen molar-refractivity contribution >= 4 is 11.9 Å². The summed E-state index contributed by atoms with van der Waals surface area (Å²) in [5.74, 6) is -0.726. The smallest absolute Gasteiger partial charge is 0.338 e. The van der Waals surface area contributed by atoms with Gasteiger partial charge in [0.05, 0.1) is 16.9 Å². The van der Waals surface area contributed by atoms with Crippen LogP contribution in [0.15, 0.2) is 30.3 Å². The van der Waals surface area contributed by atoms with E-state index in [9.17, 15) is 9.59 Å². The summed E-state index contributed by atoms with van der Waals surface area (Å²) in [6.45, 7) is 5.53. The summed E-state index contributed by atoms with van der Waals surface area (Å²) >= 11 is 0. The van der Waals surface area contributed by atoms with Crippen molar-refractivity contribution in [2.45, 2.75) is 65.0 Å². The summed E-state index contributed by atoms with van der Waals surface area (Å²) in [7, 11) is 0. The molecule has 6 heteroatoms. The normalized spacial score (nSPS) is 16.0. The van der Waals surface area contributed by atoms with Crippen LogP contribution in [-0.2, 0) is 9.53 Å². The fourth-order valence-electron chi connectivity index (χ4n) is 3.48. The molecule has 0 radical (unpaired) electrons. The molecule has 3 rings (SSSR count). The Morgan fingerprint density at radius 2 is 1.81 bits per heavy atom. The van der Waals surface area contributed by atoms with Gasteiger partial charge in [-0.15, -0.1) is 0 Å². The van der Waals surface area contributed by atoms with E-state index >= 15 is 0 Å². The number of aryl methyl sites for hydroxylation is 2. The maximum absolute atomic E-state index is 12.3. The molecule has 1 saturated carbocycles. The fourth-order valence-corrected chi connectivity index (χ4v) is 3.48. The molecule has 27 heavy (non-hydrogen) atoms. The van der Waals surface area contributed by atoms with E-state index in [2.05, 4.69) is 10.4 Å². The van der Waals surface area contributed by atoms with Crippen LogP contribution in [0.4, 0.5) is 0 Å². The van der Waals surface area contributed by atoms with E-state index in [-0.39, 0.29) is 11.9 Å². The van der Waals surface area contributed by atoms with Gasteiger partial charge in [0.1, 0.15) is 0 Å². The van der Waals surface area contributed by atoms with E-state index in [1.165, 1.54) is 6.42 Å². The summed E-state index contributed by atoms with van der Waals surface area (Å²) in [6, 6.07) is 9.23. The number of esters is 1. The Balaban J connectivity index is 1.58. The van der Waals surface area contributed by atoms with Crippen molar-refractivity contribution in [1.82, 2.24) is 15.1 Å². The zero-order chi connectivity index (χ0) is 19.4. The zero-order valence-corrected chi connectivity index (χ0v) is 16.2. The lowest BCUT2D eigenvalue weighted by Gasteiger charge is -2.24. The Morgan fingerprint density at radius 3 is 2.41 bits per heavy atom. The molecule has 1 fully saturated rings. The van der Waals surface area contributed by atoms with Gasteiger partial charge >= 0.3 is 5.97 Å². The molecular formula is C21H27N3O3. The van der Waals surface area contributed by atoms with Gasteiger partial charge in [0, 0.05) is 11.7 Å². The van der Waals surface area contributed by atoms with Gasteiger partial charge < -0.3 is 10.1 Å². The first-order chi connectivity index (χ1) is 12.9. The third-order valence-electron chi connectivity index (χ3n) is 4.96. The molecule has 1 aliphatic rings. The number of benzene rings is 1. The molecule has 0 saturated heterocycles. The van der Waals surface area contributed by atoms with Crippen LogP contribution in [0.2, 0.25) is 0 Å². The number of nitrogens with one attached hydrogen (secondary N) is 1. The van der Waals surface area contributed by atoms with Crippen molar-refractivity contribution in [2.24, 2.45) is 0 Å². The number of amides is 1. The minimum atomic E-state index is -0.810. The number of aromatic nitrogens is 2. The zero-order valence-electron chi connectivity index (χ0n) is 16.2. The molecule has 144 valence electrons. The van der Waals surface area contributed by atoms with Crippen molar-refractivity contribution in [2.75, 3.05) is 0 Å². The highest BCUT2D eigenvalue weighted by Gasteiger charge is 2.22. The molecule has 1 unspecified atom stereocenters. The molecule has 0 aliphatic heterocycles. The Labute approximate surface area is 159 Å². The van der Waals surface area contributed by atoms with E-state index in [0.29, 0.717) is 5.56 Å². The number of nitrogens with zero attached hydrogens (tertiary/aromatic N) is 2. The van der Waals surface area contributed by atoms with Crippen LogP contribution < -0.4 is 5.32 Å². The van der Waals surface area contributed by atoms with Crippen LogP contribution in [0.25, 0.3) is 5.69 Å². The maximum Gasteiger partial charge on any atom is 0.338 e. The lowest BCUT2D eigenvalue weighted by molar-refractivity contribution is -0.130. The third-order valence-corrected chi connectivity index (χ3v) is 4.96. The van der Waals surface area contributed by atoms with Gasteiger partial charge in [0.15, 0.2) is 6.10 Å². The quantitative estimate of drug-likeness (QED) is 0.819. The molecule has 1 aliphatic carbocycles. The van der Waals surface area contributed by atoms with E-state index < -0.39 is 12.1 Å². The first kappa shape index (κ1) is 19.1. The second kappa shape index (κ2) is 8.37. The number of hydrogen-bond donors (Lipinski definition) is 1. The molecule has 0 bridgehead atoms. The van der Waals surface area contributed by atoms with Crippen molar-refractivity contribution in [3.05, 3.63) is 47.3 Å². The topological polar surface area (TPSA) is 73.2 Å². The lowest BCUT2D eigenvalue weighted by atomic mass is 9.95. The van der Waals surface area contributed by atoms with E-state index in [1.807, 2.05) is 36.7 Å². The van der Waals surface area contributed by atoms with Crippen LogP contribution in [0.1, 0.15) is 60.8 Å². The highest BCUT2D eigenvalue weighted by atomic mass is 16.5. The molecule has 1 amide bonds. The van der Waals surface area contributed by atoms with Crippen molar-refractivity contribution in [3.8, 4) is 5.69 Å². The monoisotopic (exact) mass is 369 g/mol. The minimum absolute atomic E-state index is 0.201. The molecular weight excluding hydrogens is 342 g/mol. The summed E-state index contributed by atoms with van der Waals surface area (Å²) in [5.41, 5.74) is 3.25. The van der Waals surface area contributed by atoms with Crippen molar-refractivity contribution < 1.29 is 14.3 Å². The lowest BCUT2D eigenvalue weighted by Crippen LogP contribution is -2.42. The van der Waals surface area contributed by atoms with Crippen molar-refractivity contribution in [3.63, 3.8) is 0 Å². The maximum atomic E-state index is 12.3. The van der Waals surface area contributed by atoms with Crippen molar-refractivity contribution in [1.29, 1.82) is 0 Å². The number of hydrogen-bond acceptors (Lipinski definition) is 4. The third kappa shape index (κ3) is 4.76. The summed E-state index contributed by atoms with van der Waals surface area (Å²) in [6.07, 6.45) is 4.70. The van der Waals surface area contributed by atoms with Gasteiger partial charge in [-0.25, -0.2) is 9.48 Å². The highest BCUT2D eigenvalue weighted by Crippen LogP contribution is 2.18. The van der Waals surface area contributed by atoms with Crippen LogP contribution in [0.5, 0.6) is 0 Å². The van der Waals surface area contributed by atoms with E-state index in [4.69, 9.17) is 4.74 Å². The first-order valence-electron chi connectivity index (χ1n) is 9.59. The second-order valence-corrected chi connectivity index (χ2v) is 7.28. The SMILES string of the molecule is Cc1cc(C)n(-c2ccc(C(=O)OC(C)C(=O)NC3CCCCC3)cc2)n1. The first-order valence-corrected chi connectivity index (χ1v) is 9.59. The number of carbonyl (C=O) groups is 2. The van der Waals surface area contributed by atoms with E-state index in [0.717, 1.165) is 42.8 Å². The van der Waals surface area contributed by atoms with Gasteiger partial charge in [-0.05, 0) is 63.9 Å². The molecule has 0 spiro atoms. The summed E-state index contributed by atoms with van der Waals surface area (Å²) in [5, 5.41) is 7.42. The van der Waals surface area contributed by atoms with Crippen LogP contribution >= 0.6 is 0 Å². The molecule has 1 atom stereocenters. The Hall–Kier alpha value is -2.63. The highest BCUT2D eigenvalue weighted by molar-refractivity contribution is 5.92. The molecule has 1 aromatic heterocycles. The molecule has 6 nitrogen and oxygen atoms in total. The molecule has 1 heterocycles. The standard InChI is InChI=1S/C21H27N3O3/c1-14-13-15(2)24(23-14)19-11-9-17(10-12-19)21(26)27-16(3)20(25)22-18-7-5-4-6-8-18/h9-13,16,18H,4-8H2,1-3H3,(H,22,25). The average Bonchev–Trinajstić information content (AvgIpc) is 3.00. The fraction of sp³-hybridized carbons (Fsp3) is 0.476. The molecule has 1 aromatic carbocycles. The largest absolute Gasteiger partial charge is 0.449 e. The summed E-state index contributed by atoms with van der Waals surface area (Å²) in [4.78, 5) is 24.6. The second-order valence-electron chi connectivity index (χ2n) is 7.28.